The number of para-hydroxylation sites is 1. The third kappa shape index (κ3) is 2.72. The summed E-state index contributed by atoms with van der Waals surface area (Å²) in [4.78, 5) is 34.5. The van der Waals surface area contributed by atoms with Gasteiger partial charge in [0.15, 0.2) is 0 Å². The summed E-state index contributed by atoms with van der Waals surface area (Å²) >= 11 is 0. The third-order valence-electron chi connectivity index (χ3n) is 4.64. The molecule has 25 heavy (non-hydrogen) atoms. The van der Waals surface area contributed by atoms with Gasteiger partial charge in [0, 0.05) is 44.6 Å². The van der Waals surface area contributed by atoms with Crippen LogP contribution in [-0.2, 0) is 7.05 Å². The summed E-state index contributed by atoms with van der Waals surface area (Å²) in [5.74, 6) is 0.541. The van der Waals surface area contributed by atoms with Crippen LogP contribution in [0.1, 0.15) is 22.2 Å². The molecule has 1 amide bonds. The number of H-pyrrole nitrogens is 1. The highest BCUT2D eigenvalue weighted by molar-refractivity contribution is 5.97. The van der Waals surface area contributed by atoms with E-state index in [1.54, 1.807) is 17.2 Å². The smallest absolute Gasteiger partial charge is 0.261 e. The standard InChI is InChI=1S/C18H19N5O2/c1-22-8-7-20-16(22)15-11-19-6-9-23(15)18(25)13-10-12-4-2-3-5-14(12)21-17(13)24/h2-5,7-8,10,15,19H,6,9,11H2,1H3,(H,21,24). The summed E-state index contributed by atoms with van der Waals surface area (Å²) in [7, 11) is 1.91. The number of fused-ring (bicyclic) bond motifs is 1. The lowest BCUT2D eigenvalue weighted by atomic mass is 10.1. The predicted octanol–water partition coefficient (Wildman–Crippen LogP) is 1.05. The maximum absolute atomic E-state index is 13.1. The van der Waals surface area contributed by atoms with Gasteiger partial charge in [-0.25, -0.2) is 4.98 Å². The minimum absolute atomic E-state index is 0.166. The van der Waals surface area contributed by atoms with Gasteiger partial charge >= 0.3 is 0 Å². The first-order valence-corrected chi connectivity index (χ1v) is 8.26. The molecule has 3 heterocycles. The lowest BCUT2D eigenvalue weighted by Crippen LogP contribution is -2.50. The normalized spacial score (nSPS) is 17.8. The minimum Gasteiger partial charge on any atom is -0.336 e. The van der Waals surface area contributed by atoms with Crippen LogP contribution in [0, 0.1) is 0 Å². The number of benzene rings is 1. The Morgan fingerprint density at radius 1 is 1.32 bits per heavy atom. The number of amides is 1. The minimum atomic E-state index is -0.360. The van der Waals surface area contributed by atoms with Crippen molar-refractivity contribution in [1.29, 1.82) is 0 Å². The maximum Gasteiger partial charge on any atom is 0.261 e. The number of pyridine rings is 1. The van der Waals surface area contributed by atoms with Crippen LogP contribution < -0.4 is 10.9 Å². The Morgan fingerprint density at radius 2 is 2.16 bits per heavy atom. The van der Waals surface area contributed by atoms with Gasteiger partial charge in [-0.15, -0.1) is 0 Å². The van der Waals surface area contributed by atoms with E-state index in [1.807, 2.05) is 42.1 Å². The average molecular weight is 337 g/mol. The molecule has 128 valence electrons. The van der Waals surface area contributed by atoms with Gasteiger partial charge < -0.3 is 19.8 Å². The summed E-state index contributed by atoms with van der Waals surface area (Å²) in [6, 6.07) is 8.92. The van der Waals surface area contributed by atoms with Crippen LogP contribution in [-0.4, -0.2) is 45.0 Å². The number of hydrogen-bond acceptors (Lipinski definition) is 4. The van der Waals surface area contributed by atoms with Crippen molar-refractivity contribution in [3.63, 3.8) is 0 Å². The fourth-order valence-electron chi connectivity index (χ4n) is 3.34. The second kappa shape index (κ2) is 6.18. The van der Waals surface area contributed by atoms with E-state index in [0.29, 0.717) is 19.6 Å². The number of aromatic amines is 1. The molecule has 1 fully saturated rings. The van der Waals surface area contributed by atoms with Crippen molar-refractivity contribution in [2.45, 2.75) is 6.04 Å². The molecule has 1 unspecified atom stereocenters. The van der Waals surface area contributed by atoms with Crippen molar-refractivity contribution in [1.82, 2.24) is 24.8 Å². The summed E-state index contributed by atoms with van der Waals surface area (Å²) in [5.41, 5.74) is 0.533. The van der Waals surface area contributed by atoms with Crippen molar-refractivity contribution in [3.05, 3.63) is 64.5 Å². The molecule has 1 aliphatic rings. The van der Waals surface area contributed by atoms with E-state index < -0.39 is 0 Å². The number of rotatable bonds is 2. The summed E-state index contributed by atoms with van der Waals surface area (Å²) in [6.45, 7) is 1.84. The van der Waals surface area contributed by atoms with E-state index in [-0.39, 0.29) is 23.1 Å². The van der Waals surface area contributed by atoms with Gasteiger partial charge in [0.25, 0.3) is 11.5 Å². The molecule has 7 nitrogen and oxygen atoms in total. The fraction of sp³-hybridized carbons (Fsp3) is 0.278. The van der Waals surface area contributed by atoms with Crippen LogP contribution in [0.15, 0.2) is 47.5 Å². The Labute approximate surface area is 144 Å². The molecule has 0 radical (unpaired) electrons. The first kappa shape index (κ1) is 15.6. The van der Waals surface area contributed by atoms with E-state index in [0.717, 1.165) is 16.7 Å². The highest BCUT2D eigenvalue weighted by Crippen LogP contribution is 2.22. The molecule has 0 saturated carbocycles. The first-order valence-electron chi connectivity index (χ1n) is 8.26. The first-order chi connectivity index (χ1) is 12.1. The van der Waals surface area contributed by atoms with Crippen LogP contribution in [0.4, 0.5) is 0 Å². The Balaban J connectivity index is 1.75. The zero-order valence-electron chi connectivity index (χ0n) is 13.9. The second-order valence-corrected chi connectivity index (χ2v) is 6.21. The number of hydrogen-bond donors (Lipinski definition) is 2. The Bertz CT molecular complexity index is 990. The van der Waals surface area contributed by atoms with Crippen molar-refractivity contribution >= 4 is 16.8 Å². The molecule has 1 aromatic carbocycles. The van der Waals surface area contributed by atoms with Crippen LogP contribution in [0.2, 0.25) is 0 Å². The van der Waals surface area contributed by atoms with Crippen LogP contribution in [0.5, 0.6) is 0 Å². The predicted molar refractivity (Wildman–Crippen MR) is 94.4 cm³/mol. The number of carbonyl (C=O) groups is 1. The zero-order chi connectivity index (χ0) is 17.4. The van der Waals surface area contributed by atoms with Crippen molar-refractivity contribution in [3.8, 4) is 0 Å². The highest BCUT2D eigenvalue weighted by atomic mass is 16.2. The van der Waals surface area contributed by atoms with Gasteiger partial charge in [0.2, 0.25) is 0 Å². The number of nitrogens with one attached hydrogen (secondary N) is 2. The topological polar surface area (TPSA) is 83.0 Å². The van der Waals surface area contributed by atoms with Gasteiger partial charge in [-0.1, -0.05) is 18.2 Å². The van der Waals surface area contributed by atoms with Crippen LogP contribution in [0.25, 0.3) is 10.9 Å². The van der Waals surface area contributed by atoms with Crippen molar-refractivity contribution < 1.29 is 4.79 Å². The summed E-state index contributed by atoms with van der Waals surface area (Å²) < 4.78 is 1.91. The number of imidazole rings is 1. The number of nitrogens with zero attached hydrogens (tertiary/aromatic N) is 3. The Morgan fingerprint density at radius 3 is 2.96 bits per heavy atom. The van der Waals surface area contributed by atoms with Crippen LogP contribution in [0.3, 0.4) is 0 Å². The van der Waals surface area contributed by atoms with Crippen molar-refractivity contribution in [2.75, 3.05) is 19.6 Å². The molecule has 1 aliphatic heterocycles. The van der Waals surface area contributed by atoms with E-state index in [2.05, 4.69) is 15.3 Å². The number of aryl methyl sites for hydroxylation is 1. The third-order valence-corrected chi connectivity index (χ3v) is 4.64. The zero-order valence-corrected chi connectivity index (χ0v) is 13.9. The Kier molecular flexibility index (Phi) is 3.85. The largest absolute Gasteiger partial charge is 0.336 e. The van der Waals surface area contributed by atoms with E-state index in [4.69, 9.17) is 0 Å². The average Bonchev–Trinajstić information content (AvgIpc) is 3.06. The number of carbonyl (C=O) groups excluding carboxylic acids is 1. The molecule has 0 bridgehead atoms. The highest BCUT2D eigenvalue weighted by Gasteiger charge is 2.32. The maximum atomic E-state index is 13.1. The molecule has 2 aromatic heterocycles. The molecule has 0 aliphatic carbocycles. The molecular formula is C18H19N5O2. The molecule has 4 rings (SSSR count). The second-order valence-electron chi connectivity index (χ2n) is 6.21. The van der Waals surface area contributed by atoms with E-state index in [1.165, 1.54) is 0 Å². The molecule has 1 saturated heterocycles. The van der Waals surface area contributed by atoms with E-state index >= 15 is 0 Å². The summed E-state index contributed by atoms with van der Waals surface area (Å²) in [6.07, 6.45) is 3.57. The monoisotopic (exact) mass is 337 g/mol. The molecule has 2 N–H and O–H groups in total. The lowest BCUT2D eigenvalue weighted by Gasteiger charge is -2.35. The fourth-order valence-corrected chi connectivity index (χ4v) is 3.34. The van der Waals surface area contributed by atoms with Gasteiger partial charge in [-0.3, -0.25) is 9.59 Å². The molecule has 1 atom stereocenters. The van der Waals surface area contributed by atoms with E-state index in [9.17, 15) is 9.59 Å². The van der Waals surface area contributed by atoms with Gasteiger partial charge in [0.05, 0.1) is 0 Å². The van der Waals surface area contributed by atoms with Gasteiger partial charge in [-0.05, 0) is 17.5 Å². The number of piperazine rings is 1. The van der Waals surface area contributed by atoms with Crippen molar-refractivity contribution in [2.24, 2.45) is 7.05 Å². The van der Waals surface area contributed by atoms with Gasteiger partial charge in [-0.2, -0.15) is 0 Å². The van der Waals surface area contributed by atoms with Gasteiger partial charge in [0.1, 0.15) is 17.4 Å². The SMILES string of the molecule is Cn1ccnc1C1CNCCN1C(=O)c1cc2ccccc2[nH]c1=O. The quantitative estimate of drug-likeness (QED) is 0.732. The summed E-state index contributed by atoms with van der Waals surface area (Å²) in [5, 5.41) is 4.14. The lowest BCUT2D eigenvalue weighted by molar-refractivity contribution is 0.0619. The molecule has 3 aromatic rings. The molecule has 0 spiro atoms. The van der Waals surface area contributed by atoms with Crippen LogP contribution >= 0.6 is 0 Å². The molecular weight excluding hydrogens is 318 g/mol. The number of aromatic nitrogens is 3. The Hall–Kier alpha value is -2.93. The molecule has 7 heteroatoms.